The van der Waals surface area contributed by atoms with Gasteiger partial charge in [0, 0.05) is 17.4 Å². The first-order chi connectivity index (χ1) is 16.1. The van der Waals surface area contributed by atoms with Crippen LogP contribution in [0.25, 0.3) is 23.0 Å². The molecular formula is C24H24N4O5. The van der Waals surface area contributed by atoms with Crippen molar-refractivity contribution < 1.29 is 23.5 Å². The molecule has 0 fully saturated rings. The number of carbonyl (C=O) groups excluding carboxylic acids is 1. The summed E-state index contributed by atoms with van der Waals surface area (Å²) in [6.45, 7) is 2.60. The van der Waals surface area contributed by atoms with Crippen LogP contribution in [0.5, 0.6) is 17.2 Å². The second kappa shape index (κ2) is 9.90. The van der Waals surface area contributed by atoms with E-state index in [1.807, 2.05) is 37.3 Å². The van der Waals surface area contributed by atoms with Gasteiger partial charge in [0.25, 0.3) is 5.89 Å². The Morgan fingerprint density at radius 3 is 2.58 bits per heavy atom. The van der Waals surface area contributed by atoms with Crippen molar-refractivity contribution in [2.75, 3.05) is 26.1 Å². The third-order valence-corrected chi connectivity index (χ3v) is 4.88. The van der Waals surface area contributed by atoms with E-state index in [9.17, 15) is 4.79 Å². The topological polar surface area (TPSA) is 101 Å². The number of carbonyl (C=O) groups is 1. The summed E-state index contributed by atoms with van der Waals surface area (Å²) in [7, 11) is 3.14. The van der Waals surface area contributed by atoms with Crippen LogP contribution in [-0.2, 0) is 11.3 Å². The summed E-state index contributed by atoms with van der Waals surface area (Å²) in [6.07, 6.45) is 1.79. The summed E-state index contributed by atoms with van der Waals surface area (Å²) < 4.78 is 23.2. The molecule has 0 unspecified atom stereocenters. The zero-order valence-electron chi connectivity index (χ0n) is 18.6. The van der Waals surface area contributed by atoms with Gasteiger partial charge >= 0.3 is 0 Å². The summed E-state index contributed by atoms with van der Waals surface area (Å²) in [5, 5.41) is 6.95. The normalized spacial score (nSPS) is 10.6. The van der Waals surface area contributed by atoms with E-state index in [0.717, 1.165) is 5.75 Å². The minimum absolute atomic E-state index is 0.0869. The number of ether oxygens (including phenoxy) is 3. The fraction of sp³-hybridized carbons (Fsp3) is 0.208. The lowest BCUT2D eigenvalue weighted by Gasteiger charge is -2.09. The number of amides is 1. The highest BCUT2D eigenvalue weighted by molar-refractivity contribution is 5.90. The molecule has 0 aliphatic rings. The maximum atomic E-state index is 12.6. The maximum Gasteiger partial charge on any atom is 0.274 e. The number of rotatable bonds is 9. The van der Waals surface area contributed by atoms with Gasteiger partial charge in [-0.3, -0.25) is 4.79 Å². The van der Waals surface area contributed by atoms with Crippen molar-refractivity contribution in [3.63, 3.8) is 0 Å². The second-order valence-electron chi connectivity index (χ2n) is 7.02. The molecule has 0 aliphatic carbocycles. The van der Waals surface area contributed by atoms with Gasteiger partial charge in [0.1, 0.15) is 18.0 Å². The van der Waals surface area contributed by atoms with Gasteiger partial charge in [-0.15, -0.1) is 0 Å². The smallest absolute Gasteiger partial charge is 0.274 e. The highest BCUT2D eigenvalue weighted by atomic mass is 16.5. The second-order valence-corrected chi connectivity index (χ2v) is 7.02. The van der Waals surface area contributed by atoms with Crippen LogP contribution < -0.4 is 19.5 Å². The standard InChI is InChI=1S/C24H24N4O5/c1-4-32-18-10-8-17(9-11-18)25-22(29)15-28-13-5-6-19(28)24-26-23(27-33-24)16-7-12-20(30-2)21(14-16)31-3/h5-14H,4,15H2,1-3H3,(H,25,29). The first-order valence-corrected chi connectivity index (χ1v) is 10.4. The number of methoxy groups -OCH3 is 2. The Morgan fingerprint density at radius 1 is 1.06 bits per heavy atom. The van der Waals surface area contributed by atoms with Gasteiger partial charge in [0.2, 0.25) is 11.7 Å². The minimum atomic E-state index is -0.184. The van der Waals surface area contributed by atoms with Gasteiger partial charge in [-0.25, -0.2) is 0 Å². The van der Waals surface area contributed by atoms with Crippen molar-refractivity contribution in [1.29, 1.82) is 0 Å². The van der Waals surface area contributed by atoms with Crippen molar-refractivity contribution >= 4 is 11.6 Å². The molecule has 0 radical (unpaired) electrons. The zero-order valence-corrected chi connectivity index (χ0v) is 18.6. The summed E-state index contributed by atoms with van der Waals surface area (Å²) >= 11 is 0. The van der Waals surface area contributed by atoms with Crippen LogP contribution in [0.3, 0.4) is 0 Å². The summed E-state index contributed by atoms with van der Waals surface area (Å²) in [4.78, 5) is 17.1. The number of hydrogen-bond acceptors (Lipinski definition) is 7. The van der Waals surface area contributed by atoms with Crippen molar-refractivity contribution in [2.45, 2.75) is 13.5 Å². The molecular weight excluding hydrogens is 424 g/mol. The molecule has 4 aromatic rings. The maximum absolute atomic E-state index is 12.6. The number of nitrogens with zero attached hydrogens (tertiary/aromatic N) is 3. The van der Waals surface area contributed by atoms with Gasteiger partial charge in [0.05, 0.1) is 20.8 Å². The van der Waals surface area contributed by atoms with E-state index in [0.29, 0.717) is 46.8 Å². The van der Waals surface area contributed by atoms with E-state index in [2.05, 4.69) is 15.5 Å². The average molecular weight is 448 g/mol. The van der Waals surface area contributed by atoms with Crippen LogP contribution >= 0.6 is 0 Å². The van der Waals surface area contributed by atoms with Crippen molar-refractivity contribution in [3.8, 4) is 40.2 Å². The lowest BCUT2D eigenvalue weighted by atomic mass is 10.2. The molecule has 33 heavy (non-hydrogen) atoms. The van der Waals surface area contributed by atoms with Crippen molar-refractivity contribution in [1.82, 2.24) is 14.7 Å². The van der Waals surface area contributed by atoms with E-state index in [4.69, 9.17) is 18.7 Å². The summed E-state index contributed by atoms with van der Waals surface area (Å²) in [6, 6.07) is 16.2. The fourth-order valence-electron chi connectivity index (χ4n) is 3.32. The van der Waals surface area contributed by atoms with E-state index in [-0.39, 0.29) is 12.5 Å². The number of anilines is 1. The predicted molar refractivity (Wildman–Crippen MR) is 123 cm³/mol. The Morgan fingerprint density at radius 2 is 1.85 bits per heavy atom. The Kier molecular flexibility index (Phi) is 6.58. The van der Waals surface area contributed by atoms with Crippen LogP contribution in [0.1, 0.15) is 6.92 Å². The van der Waals surface area contributed by atoms with Gasteiger partial charge in [0.15, 0.2) is 11.5 Å². The van der Waals surface area contributed by atoms with Crippen LogP contribution in [-0.4, -0.2) is 41.4 Å². The van der Waals surface area contributed by atoms with E-state index < -0.39 is 0 Å². The molecule has 0 spiro atoms. The Balaban J connectivity index is 1.48. The molecule has 2 heterocycles. The van der Waals surface area contributed by atoms with Crippen LogP contribution in [0.2, 0.25) is 0 Å². The molecule has 4 rings (SSSR count). The molecule has 0 aliphatic heterocycles. The number of hydrogen-bond donors (Lipinski definition) is 1. The lowest BCUT2D eigenvalue weighted by molar-refractivity contribution is -0.116. The lowest BCUT2D eigenvalue weighted by Crippen LogP contribution is -2.18. The van der Waals surface area contributed by atoms with E-state index in [1.165, 1.54) is 0 Å². The predicted octanol–water partition coefficient (Wildman–Crippen LogP) is 4.26. The average Bonchev–Trinajstić information content (AvgIpc) is 3.49. The van der Waals surface area contributed by atoms with E-state index in [1.54, 1.807) is 49.2 Å². The molecule has 2 aromatic carbocycles. The Bertz CT molecular complexity index is 1230. The van der Waals surface area contributed by atoms with E-state index >= 15 is 0 Å². The van der Waals surface area contributed by atoms with Gasteiger partial charge in [-0.1, -0.05) is 5.16 Å². The first-order valence-electron chi connectivity index (χ1n) is 10.4. The molecule has 170 valence electrons. The molecule has 9 nitrogen and oxygen atoms in total. The summed E-state index contributed by atoms with van der Waals surface area (Å²) in [5.41, 5.74) is 2.04. The SMILES string of the molecule is CCOc1ccc(NC(=O)Cn2cccc2-c2nc(-c3ccc(OC)c(OC)c3)no2)cc1. The molecule has 0 saturated carbocycles. The number of nitrogens with one attached hydrogen (secondary N) is 1. The molecule has 9 heteroatoms. The molecule has 0 bridgehead atoms. The van der Waals surface area contributed by atoms with Crippen LogP contribution in [0.4, 0.5) is 5.69 Å². The quantitative estimate of drug-likeness (QED) is 0.408. The van der Waals surface area contributed by atoms with Crippen LogP contribution in [0.15, 0.2) is 65.3 Å². The molecule has 1 N–H and O–H groups in total. The molecule has 1 amide bonds. The highest BCUT2D eigenvalue weighted by Gasteiger charge is 2.17. The van der Waals surface area contributed by atoms with Crippen molar-refractivity contribution in [2.24, 2.45) is 0 Å². The van der Waals surface area contributed by atoms with Gasteiger partial charge in [-0.05, 0) is 61.5 Å². The third kappa shape index (κ3) is 4.98. The minimum Gasteiger partial charge on any atom is -0.494 e. The highest BCUT2D eigenvalue weighted by Crippen LogP contribution is 2.32. The van der Waals surface area contributed by atoms with Crippen LogP contribution in [0, 0.1) is 0 Å². The Labute approximate surface area is 190 Å². The van der Waals surface area contributed by atoms with Gasteiger partial charge in [-0.2, -0.15) is 4.98 Å². The fourth-order valence-corrected chi connectivity index (χ4v) is 3.32. The molecule has 0 atom stereocenters. The van der Waals surface area contributed by atoms with Crippen molar-refractivity contribution in [3.05, 3.63) is 60.8 Å². The zero-order chi connectivity index (χ0) is 23.2. The Hall–Kier alpha value is -4.27. The first kappa shape index (κ1) is 21.9. The third-order valence-electron chi connectivity index (χ3n) is 4.88. The monoisotopic (exact) mass is 448 g/mol. The summed E-state index contributed by atoms with van der Waals surface area (Å²) in [5.74, 6) is 2.45. The number of benzene rings is 2. The molecule has 0 saturated heterocycles. The largest absolute Gasteiger partial charge is 0.494 e. The van der Waals surface area contributed by atoms with Gasteiger partial charge < -0.3 is 28.6 Å². The number of aromatic nitrogens is 3. The molecule has 2 aromatic heterocycles.